The second kappa shape index (κ2) is 24.0. The van der Waals surface area contributed by atoms with Gasteiger partial charge in [0.2, 0.25) is 23.6 Å². The van der Waals surface area contributed by atoms with Crippen LogP contribution < -0.4 is 26.6 Å². The Morgan fingerprint density at radius 2 is 1.45 bits per heavy atom. The van der Waals surface area contributed by atoms with E-state index in [2.05, 4.69) is 38.1 Å². The molecule has 0 saturated carbocycles. The monoisotopic (exact) mass is 959 g/mol. The summed E-state index contributed by atoms with van der Waals surface area (Å²) in [5.41, 5.74) is 3.40. The summed E-state index contributed by atoms with van der Waals surface area (Å²) in [4.78, 5) is 88.5. The smallest absolute Gasteiger partial charge is 0.246 e. The van der Waals surface area contributed by atoms with Crippen LogP contribution in [0.25, 0.3) is 10.9 Å². The van der Waals surface area contributed by atoms with Gasteiger partial charge in [0.15, 0.2) is 5.78 Å². The molecule has 15 nitrogen and oxygen atoms in total. The van der Waals surface area contributed by atoms with Crippen LogP contribution in [-0.4, -0.2) is 125 Å². The van der Waals surface area contributed by atoms with Gasteiger partial charge in [0.05, 0.1) is 37.2 Å². The Morgan fingerprint density at radius 3 is 2.23 bits per heavy atom. The molecule has 4 aliphatic heterocycles. The summed E-state index contributed by atoms with van der Waals surface area (Å²) < 4.78 is 11.3. The Morgan fingerprint density at radius 1 is 0.754 bits per heavy atom. The number of amides is 4. The lowest BCUT2D eigenvalue weighted by Gasteiger charge is -2.32. The molecule has 3 aromatic carbocycles. The zero-order valence-corrected chi connectivity index (χ0v) is 39.9. The van der Waals surface area contributed by atoms with Crippen molar-refractivity contribution in [1.82, 2.24) is 36.5 Å². The molecule has 0 bridgehead atoms. The van der Waals surface area contributed by atoms with Crippen LogP contribution in [0.2, 0.25) is 0 Å². The van der Waals surface area contributed by atoms with E-state index in [0.717, 1.165) is 58.4 Å². The van der Waals surface area contributed by atoms with Gasteiger partial charge in [0.1, 0.15) is 24.5 Å². The number of Topliss-reactive ketones (excluding diaryl/α,β-unsaturated/α-hetero) is 2. The fraction of sp³-hybridized carbons (Fsp3) is 0.472. The number of hydrogen-bond donors (Lipinski definition) is 6. The van der Waals surface area contributed by atoms with E-state index < -0.39 is 53.7 Å². The number of H-pyrrole nitrogens is 1. The van der Waals surface area contributed by atoms with Crippen molar-refractivity contribution in [2.75, 3.05) is 38.7 Å². The predicted molar refractivity (Wildman–Crippen MR) is 265 cm³/mol. The highest BCUT2D eigenvalue weighted by atomic mass is 32.2. The van der Waals surface area contributed by atoms with E-state index in [1.54, 1.807) is 0 Å². The van der Waals surface area contributed by atoms with Crippen LogP contribution in [0, 0.1) is 5.92 Å². The van der Waals surface area contributed by atoms with Crippen molar-refractivity contribution < 1.29 is 38.2 Å². The molecule has 0 spiro atoms. The van der Waals surface area contributed by atoms with Gasteiger partial charge in [-0.25, -0.2) is 0 Å². The van der Waals surface area contributed by atoms with E-state index in [1.807, 2.05) is 103 Å². The topological polar surface area (TPSA) is 200 Å². The number of thioether (sulfide) groups is 1. The molecule has 8 atom stereocenters. The lowest BCUT2D eigenvalue weighted by Crippen LogP contribution is -2.58. The number of aromatic nitrogens is 1. The minimum absolute atomic E-state index is 0.00782. The highest BCUT2D eigenvalue weighted by Gasteiger charge is 2.45. The summed E-state index contributed by atoms with van der Waals surface area (Å²) in [7, 11) is 0. The fourth-order valence-electron chi connectivity index (χ4n) is 10.1. The van der Waals surface area contributed by atoms with Crippen molar-refractivity contribution in [3.63, 3.8) is 0 Å². The minimum Gasteiger partial charge on any atom is -0.379 e. The minimum atomic E-state index is -1.06. The molecule has 4 fully saturated rings. The average molecular weight is 960 g/mol. The van der Waals surface area contributed by atoms with E-state index in [9.17, 15) is 28.8 Å². The Bertz CT molecular complexity index is 2430. The maximum absolute atomic E-state index is 14.8. The molecule has 6 N–H and O–H groups in total. The van der Waals surface area contributed by atoms with E-state index in [1.165, 1.54) is 4.90 Å². The van der Waals surface area contributed by atoms with Crippen LogP contribution in [0.1, 0.15) is 68.1 Å². The lowest BCUT2D eigenvalue weighted by molar-refractivity contribution is -0.143. The molecule has 4 aliphatic rings. The Labute approximate surface area is 408 Å². The largest absolute Gasteiger partial charge is 0.379 e. The first-order valence-electron chi connectivity index (χ1n) is 24.4. The number of carbonyl (C=O) groups is 6. The number of nitrogens with zero attached hydrogens (tertiary/aromatic N) is 1. The Hall–Kier alpha value is -5.97. The molecule has 4 aromatic rings. The molecule has 8 rings (SSSR count). The number of benzene rings is 3. The number of rotatable bonds is 21. The molecule has 16 heteroatoms. The maximum Gasteiger partial charge on any atom is 0.246 e. The average Bonchev–Trinajstić information content (AvgIpc) is 4.14. The highest BCUT2D eigenvalue weighted by Crippen LogP contribution is 2.34. The van der Waals surface area contributed by atoms with Gasteiger partial charge >= 0.3 is 0 Å². The fourth-order valence-corrected chi connectivity index (χ4v) is 11.7. The van der Waals surface area contributed by atoms with Gasteiger partial charge in [0, 0.05) is 78.9 Å². The summed E-state index contributed by atoms with van der Waals surface area (Å²) in [6.45, 7) is 4.57. The third kappa shape index (κ3) is 13.4. The lowest BCUT2D eigenvalue weighted by atomic mass is 9.88. The number of ether oxygens (including phenoxy) is 2. The number of para-hydroxylation sites is 1. The van der Waals surface area contributed by atoms with Gasteiger partial charge in [-0.05, 0) is 61.3 Å². The van der Waals surface area contributed by atoms with Crippen LogP contribution in [0.5, 0.6) is 0 Å². The summed E-state index contributed by atoms with van der Waals surface area (Å²) in [5, 5.41) is 17.3. The molecule has 0 aliphatic carbocycles. The summed E-state index contributed by atoms with van der Waals surface area (Å²) in [6, 6.07) is 23.6. The zero-order chi connectivity index (χ0) is 48.1. The molecular formula is C53H65N7O8S. The molecule has 366 valence electrons. The molecule has 0 unspecified atom stereocenters. The van der Waals surface area contributed by atoms with Gasteiger partial charge in [-0.15, -0.1) is 0 Å². The van der Waals surface area contributed by atoms with Gasteiger partial charge in [-0.3, -0.25) is 28.8 Å². The van der Waals surface area contributed by atoms with E-state index in [-0.39, 0.29) is 70.0 Å². The third-order valence-corrected chi connectivity index (χ3v) is 15.2. The summed E-state index contributed by atoms with van der Waals surface area (Å²) in [5.74, 6) is -0.733. The third-order valence-electron chi connectivity index (χ3n) is 13.7. The predicted octanol–water partition coefficient (Wildman–Crippen LogP) is 4.30. The van der Waals surface area contributed by atoms with Gasteiger partial charge in [-0.1, -0.05) is 91.9 Å². The van der Waals surface area contributed by atoms with Crippen molar-refractivity contribution in [2.24, 2.45) is 5.92 Å². The molecule has 5 heterocycles. The van der Waals surface area contributed by atoms with Crippen LogP contribution in [0.4, 0.5) is 0 Å². The number of carbonyl (C=O) groups excluding carboxylic acids is 6. The van der Waals surface area contributed by atoms with Crippen LogP contribution in [0.3, 0.4) is 0 Å². The van der Waals surface area contributed by atoms with Crippen molar-refractivity contribution in [3.8, 4) is 0 Å². The number of fused-ring (bicyclic) bond motifs is 3. The highest BCUT2D eigenvalue weighted by molar-refractivity contribution is 8.00. The van der Waals surface area contributed by atoms with Crippen molar-refractivity contribution in [1.29, 1.82) is 0 Å². The van der Waals surface area contributed by atoms with Gasteiger partial charge in [0.25, 0.3) is 0 Å². The van der Waals surface area contributed by atoms with E-state index >= 15 is 0 Å². The summed E-state index contributed by atoms with van der Waals surface area (Å²) >= 11 is 1.99. The molecule has 4 amide bonds. The Kier molecular flexibility index (Phi) is 17.2. The second-order valence-corrected chi connectivity index (χ2v) is 20.0. The first kappa shape index (κ1) is 49.5. The number of hydrogen-bond acceptors (Lipinski definition) is 11. The van der Waals surface area contributed by atoms with Crippen molar-refractivity contribution in [2.45, 2.75) is 112 Å². The zero-order valence-electron chi connectivity index (χ0n) is 39.1. The number of ketones is 2. The van der Waals surface area contributed by atoms with Crippen molar-refractivity contribution in [3.05, 3.63) is 120 Å². The van der Waals surface area contributed by atoms with Gasteiger partial charge < -0.3 is 45.9 Å². The molecular weight excluding hydrogens is 895 g/mol. The molecule has 0 radical (unpaired) electrons. The number of aromatic amines is 1. The van der Waals surface area contributed by atoms with Crippen LogP contribution in [0.15, 0.2) is 104 Å². The molecule has 69 heavy (non-hydrogen) atoms. The standard InChI is InChI=1S/C53H65N7O8S/c1-34-55-45-33-69-48(50(45)56-34)21-11-8-17-40(61)18-12-22-67-23-24-68-32-49(63)57-39-29-46-52(65)58-43(25-35-13-4-2-5-14-35)47(62)28-37(27-38-30-54-42-20-10-9-19-41(38)42)51(64)59-44(53(66)60(46)31-39)26-36-15-6-3-7-16-36/h2-7,9-10,13-16,19-20,30,37,39,43-46,48,50,54-56H,1,8,11-12,17-18,21-29,31-33H2,(H,57,63)(H,58,65)(H,59,64)/t37-,39+,43-,44-,45-,46+,48-,50-/m0/s1. The van der Waals surface area contributed by atoms with Crippen molar-refractivity contribution >= 4 is 57.9 Å². The summed E-state index contributed by atoms with van der Waals surface area (Å²) in [6.07, 6.45) is 7.01. The first-order chi connectivity index (χ1) is 33.6. The number of nitrogens with one attached hydrogen (secondary N) is 6. The number of unbranched alkanes of at least 4 members (excludes halogenated alkanes) is 1. The maximum atomic E-state index is 14.8. The van der Waals surface area contributed by atoms with Gasteiger partial charge in [-0.2, -0.15) is 11.8 Å². The quantitative estimate of drug-likeness (QED) is 0.0652. The van der Waals surface area contributed by atoms with Crippen LogP contribution in [-0.2, 0) is 57.5 Å². The van der Waals surface area contributed by atoms with E-state index in [0.29, 0.717) is 43.2 Å². The molecule has 1 aromatic heterocycles. The normalized spacial score (nSPS) is 24.9. The van der Waals surface area contributed by atoms with E-state index in [4.69, 9.17) is 9.47 Å². The van der Waals surface area contributed by atoms with Crippen LogP contribution >= 0.6 is 11.8 Å². The second-order valence-electron chi connectivity index (χ2n) is 18.8. The molecule has 4 saturated heterocycles. The Balaban J connectivity index is 0.848. The SMILES string of the molecule is C=C1N[C@H]2[C@H](CS[C@H]2CCCCC(=O)CCCOCCOCC(=O)N[C@@H]2C[C@@H]3C(=O)N[C@@H](Cc4ccccc4)C(=O)C[C@H](Cc4c[nH]c5ccccc45)C(=O)N[C@@H](Cc4ccccc4)C(=O)N3C2)N1. The first-order valence-corrected chi connectivity index (χ1v) is 25.5.